The summed E-state index contributed by atoms with van der Waals surface area (Å²) in [4.78, 5) is 18.7. The van der Waals surface area contributed by atoms with Crippen LogP contribution < -0.4 is 16.0 Å². The highest BCUT2D eigenvalue weighted by Gasteiger charge is 2.23. The summed E-state index contributed by atoms with van der Waals surface area (Å²) in [7, 11) is 0. The molecule has 0 bridgehead atoms. The van der Waals surface area contributed by atoms with E-state index in [0.29, 0.717) is 25.3 Å². The lowest BCUT2D eigenvalue weighted by atomic mass is 10.1. The Bertz CT molecular complexity index is 829. The summed E-state index contributed by atoms with van der Waals surface area (Å²) in [6, 6.07) is 14.2. The van der Waals surface area contributed by atoms with Gasteiger partial charge in [-0.15, -0.1) is 0 Å². The molecule has 2 aromatic carbocycles. The molecule has 0 aliphatic carbocycles. The van der Waals surface area contributed by atoms with Gasteiger partial charge in [-0.1, -0.05) is 24.3 Å². The number of anilines is 2. The van der Waals surface area contributed by atoms with Crippen LogP contribution in [-0.4, -0.2) is 25.0 Å². The van der Waals surface area contributed by atoms with Gasteiger partial charge in [0.15, 0.2) is 5.96 Å². The van der Waals surface area contributed by atoms with Crippen LogP contribution in [0.2, 0.25) is 0 Å². The first kappa shape index (κ1) is 18.0. The van der Waals surface area contributed by atoms with Crippen molar-refractivity contribution in [3.63, 3.8) is 0 Å². The minimum absolute atomic E-state index is 0.158. The monoisotopic (exact) mass is 350 g/mol. The molecule has 0 fully saturated rings. The third-order valence-corrected chi connectivity index (χ3v) is 4.80. The van der Waals surface area contributed by atoms with E-state index in [9.17, 15) is 4.79 Å². The van der Waals surface area contributed by atoms with Crippen molar-refractivity contribution in [2.75, 3.05) is 23.3 Å². The highest BCUT2D eigenvalue weighted by molar-refractivity contribution is 5.95. The van der Waals surface area contributed by atoms with Gasteiger partial charge in [-0.2, -0.15) is 0 Å². The summed E-state index contributed by atoms with van der Waals surface area (Å²) in [5, 5.41) is 3.10. The van der Waals surface area contributed by atoms with E-state index in [0.717, 1.165) is 24.3 Å². The maximum Gasteiger partial charge on any atom is 0.227 e. The average molecular weight is 350 g/mol. The average Bonchev–Trinajstić information content (AvgIpc) is 3.06. The van der Waals surface area contributed by atoms with Crippen LogP contribution in [0.4, 0.5) is 11.4 Å². The Labute approximate surface area is 154 Å². The summed E-state index contributed by atoms with van der Waals surface area (Å²) in [5.74, 6) is 0.540. The number of carbonyl (C=O) groups excluding carboxylic acids is 1. The van der Waals surface area contributed by atoms with Crippen molar-refractivity contribution in [3.8, 4) is 0 Å². The number of carbonyl (C=O) groups is 1. The molecule has 3 N–H and O–H groups in total. The van der Waals surface area contributed by atoms with Crippen LogP contribution in [0, 0.1) is 13.8 Å². The van der Waals surface area contributed by atoms with Gasteiger partial charge < -0.3 is 16.0 Å². The van der Waals surface area contributed by atoms with Crippen LogP contribution in [0.15, 0.2) is 47.5 Å². The van der Waals surface area contributed by atoms with E-state index in [1.165, 1.54) is 16.7 Å². The number of para-hydroxylation sites is 1. The van der Waals surface area contributed by atoms with Gasteiger partial charge in [-0.05, 0) is 61.6 Å². The zero-order valence-electron chi connectivity index (χ0n) is 15.5. The van der Waals surface area contributed by atoms with Crippen molar-refractivity contribution in [1.29, 1.82) is 0 Å². The predicted octanol–water partition coefficient (Wildman–Crippen LogP) is 3.40. The van der Waals surface area contributed by atoms with Gasteiger partial charge in [0.25, 0.3) is 0 Å². The van der Waals surface area contributed by atoms with Gasteiger partial charge >= 0.3 is 0 Å². The Hall–Kier alpha value is -2.82. The Morgan fingerprint density at radius 1 is 1.19 bits per heavy atom. The van der Waals surface area contributed by atoms with Gasteiger partial charge in [0.2, 0.25) is 5.91 Å². The molecule has 0 radical (unpaired) electrons. The number of nitrogens with two attached hydrogens (primary N) is 1. The van der Waals surface area contributed by atoms with Gasteiger partial charge in [0.1, 0.15) is 0 Å². The van der Waals surface area contributed by atoms with Crippen LogP contribution in [0.3, 0.4) is 0 Å². The molecule has 0 saturated heterocycles. The second-order valence-corrected chi connectivity index (χ2v) is 6.72. The maximum absolute atomic E-state index is 12.4. The van der Waals surface area contributed by atoms with E-state index in [1.54, 1.807) is 0 Å². The van der Waals surface area contributed by atoms with Crippen LogP contribution >= 0.6 is 0 Å². The molecule has 26 heavy (non-hydrogen) atoms. The van der Waals surface area contributed by atoms with Crippen molar-refractivity contribution in [2.45, 2.75) is 33.1 Å². The van der Waals surface area contributed by atoms with Crippen LogP contribution in [-0.2, 0) is 11.2 Å². The number of nitrogens with zero attached hydrogens (tertiary/aromatic N) is 2. The number of nitrogens with one attached hydrogen (secondary N) is 1. The van der Waals surface area contributed by atoms with Crippen molar-refractivity contribution in [3.05, 3.63) is 59.2 Å². The van der Waals surface area contributed by atoms with Crippen LogP contribution in [0.5, 0.6) is 0 Å². The van der Waals surface area contributed by atoms with E-state index in [4.69, 9.17) is 5.73 Å². The molecule has 2 aromatic rings. The smallest absolute Gasteiger partial charge is 0.227 e. The fourth-order valence-electron chi connectivity index (χ4n) is 3.17. The molecule has 0 unspecified atom stereocenters. The first-order valence-electron chi connectivity index (χ1n) is 9.07. The van der Waals surface area contributed by atoms with Crippen molar-refractivity contribution in [1.82, 2.24) is 0 Å². The maximum atomic E-state index is 12.4. The number of hydrogen-bond donors (Lipinski definition) is 2. The molecule has 1 amide bonds. The van der Waals surface area contributed by atoms with E-state index in [2.05, 4.69) is 36.3 Å². The van der Waals surface area contributed by atoms with Gasteiger partial charge in [-0.25, -0.2) is 0 Å². The molecule has 0 spiro atoms. The van der Waals surface area contributed by atoms with E-state index < -0.39 is 0 Å². The normalized spacial score (nSPS) is 13.6. The molecule has 0 aromatic heterocycles. The molecule has 0 atom stereocenters. The number of guanidine groups is 1. The molecule has 5 heteroatoms. The SMILES string of the molecule is Cc1ccc(NC(N)=NCCCC(=O)N2CCc3ccccc32)cc1C. The van der Waals surface area contributed by atoms with Crippen molar-refractivity contribution >= 4 is 23.2 Å². The number of aryl methyl sites for hydroxylation is 2. The second-order valence-electron chi connectivity index (χ2n) is 6.72. The fourth-order valence-corrected chi connectivity index (χ4v) is 3.17. The Kier molecular flexibility index (Phi) is 5.56. The zero-order chi connectivity index (χ0) is 18.5. The third-order valence-electron chi connectivity index (χ3n) is 4.80. The Balaban J connectivity index is 1.46. The van der Waals surface area contributed by atoms with E-state index in [1.807, 2.05) is 35.2 Å². The second kappa shape index (κ2) is 8.04. The molecule has 136 valence electrons. The molecule has 0 saturated carbocycles. The van der Waals surface area contributed by atoms with Crippen molar-refractivity contribution < 1.29 is 4.79 Å². The lowest BCUT2D eigenvalue weighted by Crippen LogP contribution is -2.28. The molecule has 1 aliphatic rings. The summed E-state index contributed by atoms with van der Waals surface area (Å²) in [5.41, 5.74) is 11.6. The largest absolute Gasteiger partial charge is 0.370 e. The molecular formula is C21H26N4O. The number of rotatable bonds is 5. The quantitative estimate of drug-likeness (QED) is 0.493. The zero-order valence-corrected chi connectivity index (χ0v) is 15.5. The van der Waals surface area contributed by atoms with Gasteiger partial charge in [-0.3, -0.25) is 9.79 Å². The summed E-state index contributed by atoms with van der Waals surface area (Å²) < 4.78 is 0. The Morgan fingerprint density at radius 2 is 2.00 bits per heavy atom. The number of hydrogen-bond acceptors (Lipinski definition) is 2. The minimum Gasteiger partial charge on any atom is -0.370 e. The summed E-state index contributed by atoms with van der Waals surface area (Å²) >= 11 is 0. The standard InChI is InChI=1S/C21H26N4O/c1-15-9-10-18(14-16(15)2)24-21(22)23-12-5-8-20(26)25-13-11-17-6-3-4-7-19(17)25/h3-4,6-7,9-10,14H,5,8,11-13H2,1-2H3,(H3,22,23,24). The highest BCUT2D eigenvalue weighted by Crippen LogP contribution is 2.28. The first-order valence-corrected chi connectivity index (χ1v) is 9.07. The van der Waals surface area contributed by atoms with Crippen molar-refractivity contribution in [2.24, 2.45) is 10.7 Å². The number of fused-ring (bicyclic) bond motifs is 1. The number of amides is 1. The molecule has 3 rings (SSSR count). The summed E-state index contributed by atoms with van der Waals surface area (Å²) in [6.07, 6.45) is 2.11. The van der Waals surface area contributed by atoms with Gasteiger partial charge in [0.05, 0.1) is 0 Å². The lowest BCUT2D eigenvalue weighted by Gasteiger charge is -2.17. The molecule has 1 aliphatic heterocycles. The highest BCUT2D eigenvalue weighted by atomic mass is 16.2. The lowest BCUT2D eigenvalue weighted by molar-refractivity contribution is -0.118. The third kappa shape index (κ3) is 4.23. The first-order chi connectivity index (χ1) is 12.5. The number of aliphatic imine (C=N–C) groups is 1. The van der Waals surface area contributed by atoms with Crippen LogP contribution in [0.25, 0.3) is 0 Å². The molecular weight excluding hydrogens is 324 g/mol. The molecule has 5 nitrogen and oxygen atoms in total. The topological polar surface area (TPSA) is 70.7 Å². The van der Waals surface area contributed by atoms with Gasteiger partial charge in [0, 0.05) is 30.9 Å². The molecule has 1 heterocycles. The predicted molar refractivity (Wildman–Crippen MR) is 108 cm³/mol. The minimum atomic E-state index is 0.158. The fraction of sp³-hybridized carbons (Fsp3) is 0.333. The van der Waals surface area contributed by atoms with E-state index >= 15 is 0 Å². The summed E-state index contributed by atoms with van der Waals surface area (Å²) in [6.45, 7) is 5.45. The number of benzene rings is 2. The van der Waals surface area contributed by atoms with Crippen LogP contribution in [0.1, 0.15) is 29.5 Å². The van der Waals surface area contributed by atoms with E-state index in [-0.39, 0.29) is 5.91 Å². The Morgan fingerprint density at radius 3 is 2.81 bits per heavy atom.